The molecule has 4 aromatic heterocycles. The predicted molar refractivity (Wildman–Crippen MR) is 207 cm³/mol. The first-order valence-corrected chi connectivity index (χ1v) is 17.0. The fourth-order valence-corrected chi connectivity index (χ4v) is 7.70. The number of para-hydroxylation sites is 3. The van der Waals surface area contributed by atoms with Gasteiger partial charge in [0.2, 0.25) is 5.95 Å². The first-order chi connectivity index (χ1) is 25.3. The van der Waals surface area contributed by atoms with Crippen molar-refractivity contribution >= 4 is 65.6 Å². The third-order valence-corrected chi connectivity index (χ3v) is 9.97. The largest absolute Gasteiger partial charge is 0.454 e. The van der Waals surface area contributed by atoms with Gasteiger partial charge >= 0.3 is 0 Å². The van der Waals surface area contributed by atoms with Gasteiger partial charge in [0, 0.05) is 49.1 Å². The number of furan rings is 1. The molecule has 0 N–H and O–H groups in total. The minimum Gasteiger partial charge on any atom is -0.454 e. The highest BCUT2D eigenvalue weighted by Crippen LogP contribution is 2.43. The van der Waals surface area contributed by atoms with Gasteiger partial charge in [-0.1, -0.05) is 121 Å². The topological polar surface area (TPSA) is 61.7 Å². The fraction of sp³-hybridized carbons (Fsp3) is 0. The number of rotatable bonds is 4. The maximum atomic E-state index is 6.66. The molecule has 0 aliphatic heterocycles. The second-order valence-electron chi connectivity index (χ2n) is 12.9. The lowest BCUT2D eigenvalue weighted by atomic mass is 10.1. The van der Waals surface area contributed by atoms with Gasteiger partial charge in [0.1, 0.15) is 5.58 Å². The van der Waals surface area contributed by atoms with E-state index in [-0.39, 0.29) is 0 Å². The lowest BCUT2D eigenvalue weighted by Gasteiger charge is -2.11. The Morgan fingerprint density at radius 1 is 0.392 bits per heavy atom. The second-order valence-corrected chi connectivity index (χ2v) is 12.9. The van der Waals surface area contributed by atoms with Gasteiger partial charge in [0.25, 0.3) is 0 Å². The molecular formula is C45H27N5O. The van der Waals surface area contributed by atoms with E-state index in [9.17, 15) is 0 Å². The molecule has 0 amide bonds. The van der Waals surface area contributed by atoms with Crippen molar-refractivity contribution in [2.45, 2.75) is 0 Å². The van der Waals surface area contributed by atoms with Crippen LogP contribution >= 0.6 is 0 Å². The molecule has 0 aliphatic rings. The molecular weight excluding hydrogens is 627 g/mol. The molecule has 0 atom stereocenters. The number of fused-ring (bicyclic) bond motifs is 10. The monoisotopic (exact) mass is 653 g/mol. The maximum absolute atomic E-state index is 6.66. The van der Waals surface area contributed by atoms with Gasteiger partial charge < -0.3 is 8.98 Å². The van der Waals surface area contributed by atoms with Crippen LogP contribution in [0.25, 0.3) is 100.0 Å². The van der Waals surface area contributed by atoms with E-state index >= 15 is 0 Å². The normalized spacial score (nSPS) is 11.9. The predicted octanol–water partition coefficient (Wildman–Crippen LogP) is 11.3. The molecule has 0 aliphatic carbocycles. The Bertz CT molecular complexity index is 3060. The summed E-state index contributed by atoms with van der Waals surface area (Å²) >= 11 is 0. The molecule has 11 rings (SSSR count). The Kier molecular flexibility index (Phi) is 5.86. The average molecular weight is 654 g/mol. The zero-order valence-corrected chi connectivity index (χ0v) is 27.2. The van der Waals surface area contributed by atoms with Gasteiger partial charge in [-0.3, -0.25) is 4.57 Å². The summed E-state index contributed by atoms with van der Waals surface area (Å²) in [6, 6.07) is 56.6. The van der Waals surface area contributed by atoms with Crippen molar-refractivity contribution in [3.05, 3.63) is 164 Å². The smallest absolute Gasteiger partial charge is 0.238 e. The molecule has 0 saturated carbocycles. The van der Waals surface area contributed by atoms with Crippen molar-refractivity contribution in [2.75, 3.05) is 0 Å². The van der Waals surface area contributed by atoms with E-state index in [0.717, 1.165) is 82.4 Å². The Morgan fingerprint density at radius 3 is 1.69 bits per heavy atom. The van der Waals surface area contributed by atoms with E-state index < -0.39 is 0 Å². The van der Waals surface area contributed by atoms with Gasteiger partial charge in [-0.05, 0) is 42.5 Å². The highest BCUT2D eigenvalue weighted by Gasteiger charge is 2.23. The quantitative estimate of drug-likeness (QED) is 0.190. The summed E-state index contributed by atoms with van der Waals surface area (Å²) in [5, 5.41) is 6.75. The molecule has 6 heteroatoms. The lowest BCUT2D eigenvalue weighted by Crippen LogP contribution is -2.06. The van der Waals surface area contributed by atoms with E-state index in [1.54, 1.807) is 0 Å². The van der Waals surface area contributed by atoms with Gasteiger partial charge in [-0.25, -0.2) is 4.98 Å². The first-order valence-electron chi connectivity index (χ1n) is 17.0. The van der Waals surface area contributed by atoms with Crippen LogP contribution < -0.4 is 0 Å². The van der Waals surface area contributed by atoms with E-state index in [1.807, 2.05) is 72.8 Å². The van der Waals surface area contributed by atoms with Crippen molar-refractivity contribution in [2.24, 2.45) is 0 Å². The number of aromatic nitrogens is 5. The van der Waals surface area contributed by atoms with Gasteiger partial charge in [-0.2, -0.15) is 9.97 Å². The minimum atomic E-state index is 0.565. The maximum Gasteiger partial charge on any atom is 0.238 e. The highest BCUT2D eigenvalue weighted by molar-refractivity contribution is 6.24. The van der Waals surface area contributed by atoms with Gasteiger partial charge in [0.15, 0.2) is 17.2 Å². The average Bonchev–Trinajstić information content (AvgIpc) is 3.85. The molecule has 0 saturated heterocycles. The third-order valence-electron chi connectivity index (χ3n) is 9.97. The van der Waals surface area contributed by atoms with Gasteiger partial charge in [-0.15, -0.1) is 0 Å². The molecule has 0 spiro atoms. The molecule has 0 bridgehead atoms. The van der Waals surface area contributed by atoms with E-state index in [4.69, 9.17) is 19.4 Å². The van der Waals surface area contributed by atoms with Crippen LogP contribution in [-0.2, 0) is 0 Å². The summed E-state index contributed by atoms with van der Waals surface area (Å²) in [4.78, 5) is 15.3. The van der Waals surface area contributed by atoms with Crippen molar-refractivity contribution in [1.82, 2.24) is 24.1 Å². The van der Waals surface area contributed by atoms with Crippen LogP contribution in [0.2, 0.25) is 0 Å². The van der Waals surface area contributed by atoms with Crippen LogP contribution in [0.15, 0.2) is 168 Å². The number of hydrogen-bond acceptors (Lipinski definition) is 4. The number of nitrogens with zero attached hydrogens (tertiary/aromatic N) is 5. The van der Waals surface area contributed by atoms with Crippen LogP contribution in [-0.4, -0.2) is 24.1 Å². The molecule has 6 nitrogen and oxygen atoms in total. The van der Waals surface area contributed by atoms with Crippen molar-refractivity contribution in [3.8, 4) is 34.4 Å². The van der Waals surface area contributed by atoms with Gasteiger partial charge in [0.05, 0.1) is 22.1 Å². The molecule has 7 aromatic carbocycles. The fourth-order valence-electron chi connectivity index (χ4n) is 7.70. The van der Waals surface area contributed by atoms with Crippen LogP contribution in [0, 0.1) is 0 Å². The van der Waals surface area contributed by atoms with Crippen molar-refractivity contribution in [1.29, 1.82) is 0 Å². The molecule has 238 valence electrons. The standard InChI is InChI=1S/C45H27N5O/c1-4-14-28(15-5-1)43-46-44(29-16-6-2-7-17-29)48-45(47-43)50-37-22-12-10-20-31(37)35-26-36-33-24-25-34-32-21-11-13-23-40(32)51-42(34)41(33)49(38(36)27-39(35)50)30-18-8-3-9-19-30/h1-27H. The lowest BCUT2D eigenvalue weighted by molar-refractivity contribution is 0.671. The molecule has 0 radical (unpaired) electrons. The summed E-state index contributed by atoms with van der Waals surface area (Å²) in [5.41, 5.74) is 8.84. The van der Waals surface area contributed by atoms with E-state index in [1.165, 1.54) is 0 Å². The molecule has 0 unspecified atom stereocenters. The Hall–Kier alpha value is -7.05. The van der Waals surface area contributed by atoms with Crippen LogP contribution in [0.3, 0.4) is 0 Å². The molecule has 0 fully saturated rings. The summed E-state index contributed by atoms with van der Waals surface area (Å²) in [5.74, 6) is 1.81. The summed E-state index contributed by atoms with van der Waals surface area (Å²) in [6.07, 6.45) is 0. The molecule has 4 heterocycles. The summed E-state index contributed by atoms with van der Waals surface area (Å²) < 4.78 is 11.2. The minimum absolute atomic E-state index is 0.565. The Labute approximate surface area is 291 Å². The third kappa shape index (κ3) is 4.14. The molecule has 51 heavy (non-hydrogen) atoms. The first kappa shape index (κ1) is 27.9. The van der Waals surface area contributed by atoms with Crippen LogP contribution in [0.1, 0.15) is 0 Å². The van der Waals surface area contributed by atoms with Crippen LogP contribution in [0.5, 0.6) is 0 Å². The number of benzene rings is 7. The Balaban J connectivity index is 1.29. The molecule has 11 aromatic rings. The Morgan fingerprint density at radius 2 is 0.961 bits per heavy atom. The zero-order valence-electron chi connectivity index (χ0n) is 27.2. The SMILES string of the molecule is c1ccc(-c2nc(-c3ccccc3)nc(-n3c4ccccc4c4cc5c6ccc7c8ccccc8oc7c6n(-c6ccccc6)c5cc43)n2)cc1. The van der Waals surface area contributed by atoms with E-state index in [2.05, 4.69) is 100 Å². The van der Waals surface area contributed by atoms with E-state index in [0.29, 0.717) is 17.6 Å². The summed E-state index contributed by atoms with van der Waals surface area (Å²) in [6.45, 7) is 0. The van der Waals surface area contributed by atoms with Crippen molar-refractivity contribution in [3.63, 3.8) is 0 Å². The highest BCUT2D eigenvalue weighted by atomic mass is 16.3. The number of hydrogen-bond donors (Lipinski definition) is 0. The summed E-state index contributed by atoms with van der Waals surface area (Å²) in [7, 11) is 0. The second kappa shape index (κ2) is 10.7. The van der Waals surface area contributed by atoms with Crippen molar-refractivity contribution < 1.29 is 4.42 Å². The van der Waals surface area contributed by atoms with Crippen LogP contribution in [0.4, 0.5) is 0 Å². The zero-order chi connectivity index (χ0) is 33.5.